The number of aliphatic hydroxyl groups is 1. The van der Waals surface area contributed by atoms with Gasteiger partial charge >= 0.3 is 0 Å². The molecule has 1 aromatic carbocycles. The predicted molar refractivity (Wildman–Crippen MR) is 49.4 cm³/mol. The van der Waals surface area contributed by atoms with Crippen LogP contribution in [0.1, 0.15) is 18.1 Å². The van der Waals surface area contributed by atoms with Crippen molar-refractivity contribution in [3.63, 3.8) is 0 Å². The lowest BCUT2D eigenvalue weighted by Gasteiger charge is -2.11. The van der Waals surface area contributed by atoms with Gasteiger partial charge in [0.2, 0.25) is 0 Å². The lowest BCUT2D eigenvalue weighted by atomic mass is 10.0. The molecule has 0 fully saturated rings. The van der Waals surface area contributed by atoms with Crippen LogP contribution in [0.2, 0.25) is 0 Å². The molecule has 0 saturated heterocycles. The quantitative estimate of drug-likeness (QED) is 0.608. The highest BCUT2D eigenvalue weighted by molar-refractivity contribution is 5.48. The first-order valence-corrected chi connectivity index (χ1v) is 4.08. The van der Waals surface area contributed by atoms with Crippen molar-refractivity contribution < 1.29 is 9.50 Å². The van der Waals surface area contributed by atoms with E-state index >= 15 is 0 Å². The van der Waals surface area contributed by atoms with Crippen molar-refractivity contribution in [2.24, 2.45) is 5.73 Å². The van der Waals surface area contributed by atoms with Crippen LogP contribution in [0.3, 0.4) is 0 Å². The molecule has 1 unspecified atom stereocenters. The van der Waals surface area contributed by atoms with Gasteiger partial charge in [-0.15, -0.1) is 0 Å². The highest BCUT2D eigenvalue weighted by atomic mass is 19.1. The molecule has 1 rings (SSSR count). The Morgan fingerprint density at radius 1 is 1.46 bits per heavy atom. The molecule has 5 N–H and O–H groups in total. The van der Waals surface area contributed by atoms with Crippen molar-refractivity contribution >= 4 is 5.69 Å². The summed E-state index contributed by atoms with van der Waals surface area (Å²) >= 11 is 0. The van der Waals surface area contributed by atoms with Crippen molar-refractivity contribution in [2.75, 3.05) is 12.3 Å². The van der Waals surface area contributed by atoms with E-state index in [1.165, 1.54) is 18.2 Å². The maximum Gasteiger partial charge on any atom is 0.125 e. The lowest BCUT2D eigenvalue weighted by molar-refractivity contribution is 0.171. The van der Waals surface area contributed by atoms with Crippen LogP contribution in [-0.4, -0.2) is 11.7 Å². The summed E-state index contributed by atoms with van der Waals surface area (Å²) < 4.78 is 12.6. The van der Waals surface area contributed by atoms with E-state index in [9.17, 15) is 9.50 Å². The van der Waals surface area contributed by atoms with E-state index in [0.29, 0.717) is 18.5 Å². The fourth-order valence-corrected chi connectivity index (χ4v) is 1.16. The molecule has 72 valence electrons. The minimum atomic E-state index is -0.703. The summed E-state index contributed by atoms with van der Waals surface area (Å²) in [6.07, 6.45) is -0.277. The smallest absolute Gasteiger partial charge is 0.125 e. The summed E-state index contributed by atoms with van der Waals surface area (Å²) in [5.41, 5.74) is 11.6. The molecule has 0 bridgehead atoms. The summed E-state index contributed by atoms with van der Waals surface area (Å²) in [5.74, 6) is -0.402. The first-order valence-electron chi connectivity index (χ1n) is 4.08. The van der Waals surface area contributed by atoms with Gasteiger partial charge < -0.3 is 16.6 Å². The molecule has 0 aliphatic heterocycles. The number of nitrogen functional groups attached to an aromatic ring is 1. The Balaban J connectivity index is 2.88. The van der Waals surface area contributed by atoms with Crippen LogP contribution < -0.4 is 11.5 Å². The number of hydrogen-bond donors (Lipinski definition) is 3. The van der Waals surface area contributed by atoms with Gasteiger partial charge in [0.05, 0.1) is 6.10 Å². The molecule has 1 atom stereocenters. The second-order valence-corrected chi connectivity index (χ2v) is 2.87. The third-order valence-corrected chi connectivity index (χ3v) is 1.85. The van der Waals surface area contributed by atoms with E-state index in [4.69, 9.17) is 11.5 Å². The molecule has 0 aliphatic rings. The highest BCUT2D eigenvalue weighted by Gasteiger charge is 2.10. The van der Waals surface area contributed by atoms with Crippen LogP contribution >= 0.6 is 0 Å². The average Bonchev–Trinajstić information content (AvgIpc) is 2.04. The Hall–Kier alpha value is -1.13. The summed E-state index contributed by atoms with van der Waals surface area (Å²) in [6.45, 7) is 0.373. The molecular formula is C9H13FN2O. The summed E-state index contributed by atoms with van der Waals surface area (Å²) in [5, 5.41) is 9.51. The van der Waals surface area contributed by atoms with Gasteiger partial charge in [0, 0.05) is 11.3 Å². The molecule has 3 nitrogen and oxygen atoms in total. The molecule has 0 spiro atoms. The van der Waals surface area contributed by atoms with E-state index < -0.39 is 11.9 Å². The average molecular weight is 184 g/mol. The number of nitrogens with two attached hydrogens (primary N) is 2. The Labute approximate surface area is 76.2 Å². The monoisotopic (exact) mass is 184 g/mol. The van der Waals surface area contributed by atoms with Gasteiger partial charge in [0.1, 0.15) is 5.82 Å². The maximum atomic E-state index is 12.6. The van der Waals surface area contributed by atoms with Gasteiger partial charge in [0.15, 0.2) is 0 Å². The van der Waals surface area contributed by atoms with Crippen LogP contribution in [0.15, 0.2) is 18.2 Å². The summed E-state index contributed by atoms with van der Waals surface area (Å²) in [7, 11) is 0. The molecule has 0 amide bonds. The molecular weight excluding hydrogens is 171 g/mol. The number of anilines is 1. The van der Waals surface area contributed by atoms with E-state index in [1.54, 1.807) is 0 Å². The van der Waals surface area contributed by atoms with Crippen molar-refractivity contribution in [1.82, 2.24) is 0 Å². The fraction of sp³-hybridized carbons (Fsp3) is 0.333. The van der Waals surface area contributed by atoms with E-state index in [1.807, 2.05) is 0 Å². The Kier molecular flexibility index (Phi) is 3.22. The SMILES string of the molecule is NCCC(O)c1ccc(F)cc1N. The Morgan fingerprint density at radius 3 is 2.69 bits per heavy atom. The van der Waals surface area contributed by atoms with Gasteiger partial charge in [-0.3, -0.25) is 0 Å². The molecule has 0 radical (unpaired) electrons. The molecule has 4 heteroatoms. The Morgan fingerprint density at radius 2 is 2.15 bits per heavy atom. The number of rotatable bonds is 3. The number of halogens is 1. The van der Waals surface area contributed by atoms with Crippen LogP contribution in [0.25, 0.3) is 0 Å². The molecule has 0 saturated carbocycles. The third-order valence-electron chi connectivity index (χ3n) is 1.85. The van der Waals surface area contributed by atoms with Crippen LogP contribution in [-0.2, 0) is 0 Å². The minimum Gasteiger partial charge on any atom is -0.398 e. The van der Waals surface area contributed by atoms with Crippen molar-refractivity contribution in [2.45, 2.75) is 12.5 Å². The molecule has 0 heterocycles. The zero-order chi connectivity index (χ0) is 9.84. The van der Waals surface area contributed by atoms with Gasteiger partial charge in [-0.25, -0.2) is 4.39 Å². The molecule has 13 heavy (non-hydrogen) atoms. The molecule has 0 aromatic heterocycles. The second-order valence-electron chi connectivity index (χ2n) is 2.87. The van der Waals surface area contributed by atoms with Gasteiger partial charge in [-0.2, -0.15) is 0 Å². The van der Waals surface area contributed by atoms with Gasteiger partial charge in [-0.05, 0) is 25.1 Å². The standard InChI is InChI=1S/C9H13FN2O/c10-6-1-2-7(8(12)5-6)9(13)3-4-11/h1-2,5,9,13H,3-4,11-12H2. The minimum absolute atomic E-state index is 0.265. The number of benzene rings is 1. The van der Waals surface area contributed by atoms with E-state index in [2.05, 4.69) is 0 Å². The largest absolute Gasteiger partial charge is 0.398 e. The fourth-order valence-electron chi connectivity index (χ4n) is 1.16. The first-order chi connectivity index (χ1) is 6.15. The zero-order valence-electron chi connectivity index (χ0n) is 7.20. The third kappa shape index (κ3) is 2.40. The first kappa shape index (κ1) is 9.95. The van der Waals surface area contributed by atoms with E-state index in [0.717, 1.165) is 0 Å². The molecule has 0 aliphatic carbocycles. The highest BCUT2D eigenvalue weighted by Crippen LogP contribution is 2.22. The van der Waals surface area contributed by atoms with Crippen LogP contribution in [0, 0.1) is 5.82 Å². The summed E-state index contributed by atoms with van der Waals surface area (Å²) in [6, 6.07) is 3.94. The lowest BCUT2D eigenvalue weighted by Crippen LogP contribution is -2.08. The van der Waals surface area contributed by atoms with Crippen LogP contribution in [0.5, 0.6) is 0 Å². The van der Waals surface area contributed by atoms with E-state index in [-0.39, 0.29) is 5.69 Å². The number of hydrogen-bond acceptors (Lipinski definition) is 3. The zero-order valence-corrected chi connectivity index (χ0v) is 7.20. The number of aliphatic hydroxyl groups excluding tert-OH is 1. The van der Waals surface area contributed by atoms with Gasteiger partial charge in [-0.1, -0.05) is 6.07 Å². The molecule has 1 aromatic rings. The van der Waals surface area contributed by atoms with Crippen molar-refractivity contribution in [3.05, 3.63) is 29.6 Å². The van der Waals surface area contributed by atoms with Crippen molar-refractivity contribution in [3.8, 4) is 0 Å². The van der Waals surface area contributed by atoms with Crippen LogP contribution in [0.4, 0.5) is 10.1 Å². The predicted octanol–water partition coefficient (Wildman–Crippen LogP) is 0.790. The Bertz CT molecular complexity index is 291. The maximum absolute atomic E-state index is 12.6. The van der Waals surface area contributed by atoms with Crippen molar-refractivity contribution in [1.29, 1.82) is 0 Å². The van der Waals surface area contributed by atoms with Gasteiger partial charge in [0.25, 0.3) is 0 Å². The topological polar surface area (TPSA) is 72.3 Å². The normalized spacial score (nSPS) is 12.8. The summed E-state index contributed by atoms with van der Waals surface area (Å²) in [4.78, 5) is 0. The second kappa shape index (κ2) is 4.20.